The number of nitrogens with one attached hydrogen (secondary N) is 1. The average molecular weight is 391 g/mol. The summed E-state index contributed by atoms with van der Waals surface area (Å²) in [6.07, 6.45) is 0. The zero-order valence-corrected chi connectivity index (χ0v) is 17.0. The highest BCUT2D eigenvalue weighted by Gasteiger charge is 2.29. The fraction of sp³-hybridized carbons (Fsp3) is 0.217. The van der Waals surface area contributed by atoms with Crippen molar-refractivity contribution < 1.29 is 9.59 Å². The summed E-state index contributed by atoms with van der Waals surface area (Å²) in [5.74, 6) is -0.131. The van der Waals surface area contributed by atoms with Gasteiger partial charge in [-0.25, -0.2) is 0 Å². The van der Waals surface area contributed by atoms with E-state index in [-0.39, 0.29) is 11.8 Å². The fourth-order valence-corrected chi connectivity index (χ4v) is 4.54. The van der Waals surface area contributed by atoms with Gasteiger partial charge >= 0.3 is 0 Å². The summed E-state index contributed by atoms with van der Waals surface area (Å²) < 4.78 is 0. The van der Waals surface area contributed by atoms with Gasteiger partial charge in [-0.15, -0.1) is 11.8 Å². The van der Waals surface area contributed by atoms with Crippen LogP contribution in [0.3, 0.4) is 0 Å². The van der Waals surface area contributed by atoms with Gasteiger partial charge in [-0.05, 0) is 43.3 Å². The van der Waals surface area contributed by atoms with E-state index in [1.807, 2.05) is 61.5 Å². The number of thioether (sulfide) groups is 1. The van der Waals surface area contributed by atoms with Gasteiger partial charge in [0.05, 0.1) is 5.69 Å². The van der Waals surface area contributed by atoms with Gasteiger partial charge in [0.2, 0.25) is 0 Å². The van der Waals surface area contributed by atoms with E-state index in [4.69, 9.17) is 0 Å². The lowest BCUT2D eigenvalue weighted by molar-refractivity contribution is 0.0992. The molecule has 1 aliphatic rings. The molecule has 3 aromatic rings. The molecule has 0 saturated carbocycles. The molecule has 0 radical (unpaired) electrons. The zero-order chi connectivity index (χ0) is 19.8. The number of carbonyl (C=O) groups excluding carboxylic acids is 2. The first kappa shape index (κ1) is 18.6. The maximum absolute atomic E-state index is 12.9. The van der Waals surface area contributed by atoms with Gasteiger partial charge in [0.1, 0.15) is 0 Å². The van der Waals surface area contributed by atoms with Gasteiger partial charge in [-0.3, -0.25) is 9.59 Å². The second-order valence-electron chi connectivity index (χ2n) is 7.06. The maximum Gasteiger partial charge on any atom is 0.258 e. The molecule has 0 spiro atoms. The average Bonchev–Trinajstić information content (AvgIpc) is 2.96. The molecule has 0 saturated heterocycles. The molecule has 4 nitrogen and oxygen atoms in total. The standard InChI is InChI=1S/C23H22N2O2S/c1-4-25-20-12-11-19(17-9-6-10-18(21(17)20)23(25)27)24-22(26)15-7-5-8-16(13-15)28-14(2)3/h5-14H,4H2,1-3H3,(H,24,26). The van der Waals surface area contributed by atoms with E-state index in [1.165, 1.54) is 0 Å². The zero-order valence-electron chi connectivity index (χ0n) is 16.2. The van der Waals surface area contributed by atoms with Crippen molar-refractivity contribution in [1.82, 2.24) is 0 Å². The Labute approximate surface area is 168 Å². The number of rotatable bonds is 5. The molecule has 1 N–H and O–H groups in total. The van der Waals surface area contributed by atoms with Crippen molar-refractivity contribution >= 4 is 45.7 Å². The van der Waals surface area contributed by atoms with E-state index in [0.29, 0.717) is 22.9 Å². The number of hydrogen-bond donors (Lipinski definition) is 1. The predicted octanol–water partition coefficient (Wildman–Crippen LogP) is 5.57. The monoisotopic (exact) mass is 390 g/mol. The minimum atomic E-state index is -0.149. The van der Waals surface area contributed by atoms with Crippen LogP contribution >= 0.6 is 11.8 Å². The van der Waals surface area contributed by atoms with E-state index in [2.05, 4.69) is 19.2 Å². The SMILES string of the molecule is CCN1C(=O)c2cccc3c(NC(=O)c4cccc(SC(C)C)c4)ccc1c23. The summed E-state index contributed by atoms with van der Waals surface area (Å²) in [7, 11) is 0. The number of carbonyl (C=O) groups is 2. The number of anilines is 2. The molecule has 0 aromatic heterocycles. The van der Waals surface area contributed by atoms with Gasteiger partial charge in [0, 0.05) is 44.3 Å². The molecule has 0 unspecified atom stereocenters. The number of benzene rings is 3. The number of nitrogens with zero attached hydrogens (tertiary/aromatic N) is 1. The molecule has 2 amide bonds. The summed E-state index contributed by atoms with van der Waals surface area (Å²) in [5, 5.41) is 5.29. The summed E-state index contributed by atoms with van der Waals surface area (Å²) in [6.45, 7) is 6.85. The van der Waals surface area contributed by atoms with E-state index in [0.717, 1.165) is 27.0 Å². The van der Waals surface area contributed by atoms with Crippen LogP contribution in [-0.4, -0.2) is 23.6 Å². The summed E-state index contributed by atoms with van der Waals surface area (Å²) in [5.41, 5.74) is 2.95. The molecule has 0 bridgehead atoms. The van der Waals surface area contributed by atoms with Crippen molar-refractivity contribution in [3.05, 3.63) is 65.7 Å². The molecule has 5 heteroatoms. The van der Waals surface area contributed by atoms with Gasteiger partial charge in [-0.2, -0.15) is 0 Å². The first-order chi connectivity index (χ1) is 13.5. The van der Waals surface area contributed by atoms with Crippen molar-refractivity contribution in [3.8, 4) is 0 Å². The van der Waals surface area contributed by atoms with Crippen LogP contribution in [-0.2, 0) is 0 Å². The van der Waals surface area contributed by atoms with Crippen molar-refractivity contribution in [2.24, 2.45) is 0 Å². The normalized spacial score (nSPS) is 12.9. The molecule has 1 aliphatic heterocycles. The molecule has 142 valence electrons. The van der Waals surface area contributed by atoms with Crippen LogP contribution in [0.15, 0.2) is 59.5 Å². The van der Waals surface area contributed by atoms with Crippen LogP contribution in [0.1, 0.15) is 41.5 Å². The van der Waals surface area contributed by atoms with Crippen LogP contribution in [0.4, 0.5) is 11.4 Å². The highest BCUT2D eigenvalue weighted by molar-refractivity contribution is 7.99. The van der Waals surface area contributed by atoms with Gasteiger partial charge in [-0.1, -0.05) is 32.0 Å². The van der Waals surface area contributed by atoms with Crippen LogP contribution in [0, 0.1) is 0 Å². The van der Waals surface area contributed by atoms with Crippen LogP contribution < -0.4 is 10.2 Å². The van der Waals surface area contributed by atoms with Crippen molar-refractivity contribution in [3.63, 3.8) is 0 Å². The minimum absolute atomic E-state index is 0.0185. The highest BCUT2D eigenvalue weighted by atomic mass is 32.2. The molecule has 28 heavy (non-hydrogen) atoms. The lowest BCUT2D eigenvalue weighted by atomic mass is 10.0. The van der Waals surface area contributed by atoms with E-state index in [1.54, 1.807) is 16.7 Å². The molecule has 0 fully saturated rings. The number of hydrogen-bond acceptors (Lipinski definition) is 3. The molecule has 4 rings (SSSR count). The summed E-state index contributed by atoms with van der Waals surface area (Å²) >= 11 is 1.73. The predicted molar refractivity (Wildman–Crippen MR) is 117 cm³/mol. The Hall–Kier alpha value is -2.79. The topological polar surface area (TPSA) is 49.4 Å². The third kappa shape index (κ3) is 3.16. The van der Waals surface area contributed by atoms with Crippen molar-refractivity contribution in [1.29, 1.82) is 0 Å². The summed E-state index contributed by atoms with van der Waals surface area (Å²) in [4.78, 5) is 28.3. The second-order valence-corrected chi connectivity index (χ2v) is 8.71. The molecule has 0 atom stereocenters. The van der Waals surface area contributed by atoms with Gasteiger partial charge in [0.25, 0.3) is 11.8 Å². The Morgan fingerprint density at radius 3 is 2.64 bits per heavy atom. The van der Waals surface area contributed by atoms with Crippen molar-refractivity contribution in [2.75, 3.05) is 16.8 Å². The first-order valence-corrected chi connectivity index (χ1v) is 10.3. The van der Waals surface area contributed by atoms with E-state index < -0.39 is 0 Å². The quantitative estimate of drug-likeness (QED) is 0.579. The van der Waals surface area contributed by atoms with Crippen LogP contribution in [0.2, 0.25) is 0 Å². The Balaban J connectivity index is 1.69. The maximum atomic E-state index is 12.9. The lowest BCUT2D eigenvalue weighted by Gasteiger charge is -2.15. The molecule has 1 heterocycles. The van der Waals surface area contributed by atoms with E-state index in [9.17, 15) is 9.59 Å². The van der Waals surface area contributed by atoms with Crippen molar-refractivity contribution in [2.45, 2.75) is 30.9 Å². The van der Waals surface area contributed by atoms with Gasteiger partial charge in [0.15, 0.2) is 0 Å². The molecular formula is C23H22N2O2S. The smallest absolute Gasteiger partial charge is 0.258 e. The first-order valence-electron chi connectivity index (χ1n) is 9.45. The Bertz CT molecular complexity index is 1090. The Morgan fingerprint density at radius 2 is 1.89 bits per heavy atom. The minimum Gasteiger partial charge on any atom is -0.321 e. The highest BCUT2D eigenvalue weighted by Crippen LogP contribution is 2.40. The third-order valence-corrected chi connectivity index (χ3v) is 5.81. The molecule has 3 aromatic carbocycles. The van der Waals surface area contributed by atoms with Gasteiger partial charge < -0.3 is 10.2 Å². The second kappa shape index (κ2) is 7.32. The largest absolute Gasteiger partial charge is 0.321 e. The molecular weight excluding hydrogens is 368 g/mol. The Kier molecular flexibility index (Phi) is 4.85. The van der Waals surface area contributed by atoms with E-state index >= 15 is 0 Å². The summed E-state index contributed by atoms with van der Waals surface area (Å²) in [6, 6.07) is 17.1. The van der Waals surface area contributed by atoms with Crippen LogP contribution in [0.5, 0.6) is 0 Å². The fourth-order valence-electron chi connectivity index (χ4n) is 3.65. The number of amides is 2. The van der Waals surface area contributed by atoms with Crippen LogP contribution in [0.25, 0.3) is 10.8 Å². The third-order valence-electron chi connectivity index (χ3n) is 4.82. The lowest BCUT2D eigenvalue weighted by Crippen LogP contribution is -2.25. The molecule has 0 aliphatic carbocycles. The Morgan fingerprint density at radius 1 is 1.11 bits per heavy atom.